The fraction of sp³-hybridized carbons (Fsp3) is 0. The van der Waals surface area contributed by atoms with Crippen LogP contribution in [-0.4, -0.2) is 15.4 Å². The van der Waals surface area contributed by atoms with E-state index in [0.29, 0.717) is 5.70 Å². The van der Waals surface area contributed by atoms with Gasteiger partial charge in [0.2, 0.25) is 0 Å². The van der Waals surface area contributed by atoms with Gasteiger partial charge < -0.3 is 15.6 Å². The maximum Gasteiger partial charge on any atom is 0.337 e. The van der Waals surface area contributed by atoms with Crippen LogP contribution in [0.1, 0.15) is 0 Å². The van der Waals surface area contributed by atoms with Crippen LogP contribution in [-0.2, 0) is 4.79 Å². The standard InChI is InChI=1S/C7H6ClN3O2S/c8-6-5(9)4(7(12)13)1-3-2-10-14-11(3)6/h1-2,10H,9H2,(H,12,13). The lowest BCUT2D eigenvalue weighted by atomic mass is 10.1. The van der Waals surface area contributed by atoms with Gasteiger partial charge in [0.05, 0.1) is 29.1 Å². The zero-order chi connectivity index (χ0) is 10.3. The summed E-state index contributed by atoms with van der Waals surface area (Å²) in [4.78, 5) is 10.8. The molecule has 74 valence electrons. The Bertz CT molecular complexity index is 402. The van der Waals surface area contributed by atoms with Crippen molar-refractivity contribution in [2.75, 3.05) is 0 Å². The summed E-state index contributed by atoms with van der Waals surface area (Å²) in [6, 6.07) is 0. The second kappa shape index (κ2) is 3.14. The second-order valence-corrected chi connectivity index (χ2v) is 3.78. The van der Waals surface area contributed by atoms with E-state index < -0.39 is 5.97 Å². The first-order valence-electron chi connectivity index (χ1n) is 3.64. The predicted molar refractivity (Wildman–Crippen MR) is 53.4 cm³/mol. The van der Waals surface area contributed by atoms with Crippen molar-refractivity contribution in [3.05, 3.63) is 34.4 Å². The molecule has 2 aliphatic heterocycles. The van der Waals surface area contributed by atoms with Gasteiger partial charge in [-0.3, -0.25) is 4.31 Å². The molecular formula is C7H6ClN3O2S. The van der Waals surface area contributed by atoms with Gasteiger partial charge in [-0.1, -0.05) is 11.6 Å². The summed E-state index contributed by atoms with van der Waals surface area (Å²) < 4.78 is 4.46. The van der Waals surface area contributed by atoms with Crippen molar-refractivity contribution in [1.29, 1.82) is 0 Å². The Kier molecular flexibility index (Phi) is 2.09. The molecule has 0 aliphatic carbocycles. The smallest absolute Gasteiger partial charge is 0.337 e. The van der Waals surface area contributed by atoms with Gasteiger partial charge in [0.1, 0.15) is 5.16 Å². The molecule has 2 heterocycles. The molecule has 14 heavy (non-hydrogen) atoms. The van der Waals surface area contributed by atoms with E-state index in [2.05, 4.69) is 4.72 Å². The lowest BCUT2D eigenvalue weighted by Crippen LogP contribution is -2.22. The summed E-state index contributed by atoms with van der Waals surface area (Å²) in [7, 11) is 0. The minimum absolute atomic E-state index is 0.0156. The number of nitrogens with one attached hydrogen (secondary N) is 1. The number of carbonyl (C=O) groups is 1. The molecule has 4 N–H and O–H groups in total. The summed E-state index contributed by atoms with van der Waals surface area (Å²) in [5.41, 5.74) is 6.33. The fourth-order valence-electron chi connectivity index (χ4n) is 1.13. The molecule has 5 nitrogen and oxygen atoms in total. The Hall–Kier alpha value is -1.27. The molecule has 0 amide bonds. The highest BCUT2D eigenvalue weighted by Gasteiger charge is 2.29. The molecular weight excluding hydrogens is 226 g/mol. The van der Waals surface area contributed by atoms with E-state index in [1.165, 1.54) is 18.2 Å². The van der Waals surface area contributed by atoms with Gasteiger partial charge in [-0.05, 0) is 6.08 Å². The summed E-state index contributed by atoms with van der Waals surface area (Å²) in [5.74, 6) is -1.09. The van der Waals surface area contributed by atoms with Gasteiger partial charge in [0.15, 0.2) is 0 Å². The molecule has 7 heteroatoms. The van der Waals surface area contributed by atoms with E-state index in [-0.39, 0.29) is 16.4 Å². The van der Waals surface area contributed by atoms with Crippen molar-refractivity contribution in [1.82, 2.24) is 9.03 Å². The van der Waals surface area contributed by atoms with Crippen LogP contribution in [0.5, 0.6) is 0 Å². The Morgan fingerprint density at radius 3 is 3.07 bits per heavy atom. The van der Waals surface area contributed by atoms with Gasteiger partial charge >= 0.3 is 5.97 Å². The minimum Gasteiger partial charge on any atom is -0.478 e. The first kappa shape index (κ1) is 9.29. The molecule has 0 fully saturated rings. The zero-order valence-corrected chi connectivity index (χ0v) is 8.39. The van der Waals surface area contributed by atoms with Gasteiger partial charge in [0, 0.05) is 6.20 Å². The highest BCUT2D eigenvalue weighted by atomic mass is 35.5. The average Bonchev–Trinajstić information content (AvgIpc) is 2.58. The number of nitrogens with two attached hydrogens (primary N) is 1. The molecule has 0 aromatic carbocycles. The molecule has 0 spiro atoms. The third-order valence-corrected chi connectivity index (χ3v) is 3.07. The van der Waals surface area contributed by atoms with E-state index in [4.69, 9.17) is 22.4 Å². The van der Waals surface area contributed by atoms with E-state index in [9.17, 15) is 4.79 Å². The number of hydrogen-bond acceptors (Lipinski definition) is 5. The Morgan fingerprint density at radius 2 is 2.43 bits per heavy atom. The van der Waals surface area contributed by atoms with Crippen LogP contribution in [0.15, 0.2) is 34.4 Å². The quantitative estimate of drug-likeness (QED) is 0.455. The Labute approximate surface area is 89.2 Å². The molecule has 2 aliphatic rings. The molecule has 0 unspecified atom stereocenters. The second-order valence-electron chi connectivity index (χ2n) is 2.64. The number of nitrogens with zero attached hydrogens (tertiary/aromatic N) is 1. The van der Waals surface area contributed by atoms with Crippen LogP contribution < -0.4 is 10.5 Å². The molecule has 0 aromatic rings. The van der Waals surface area contributed by atoms with Crippen molar-refractivity contribution >= 4 is 29.7 Å². The van der Waals surface area contributed by atoms with E-state index in [1.807, 2.05) is 0 Å². The minimum atomic E-state index is -1.09. The number of allylic oxidation sites excluding steroid dienone is 1. The molecule has 2 rings (SSSR count). The van der Waals surface area contributed by atoms with Crippen molar-refractivity contribution < 1.29 is 9.90 Å². The van der Waals surface area contributed by atoms with Crippen LogP contribution in [0.4, 0.5) is 0 Å². The van der Waals surface area contributed by atoms with Gasteiger partial charge in [-0.15, -0.1) is 0 Å². The zero-order valence-electron chi connectivity index (χ0n) is 6.82. The molecule has 0 atom stereocenters. The van der Waals surface area contributed by atoms with Crippen LogP contribution >= 0.6 is 23.7 Å². The number of hydrogen-bond donors (Lipinski definition) is 3. The average molecular weight is 232 g/mol. The fourth-order valence-corrected chi connectivity index (χ4v) is 2.10. The summed E-state index contributed by atoms with van der Waals surface area (Å²) in [6.45, 7) is 0. The van der Waals surface area contributed by atoms with Crippen LogP contribution in [0, 0.1) is 0 Å². The van der Waals surface area contributed by atoms with Gasteiger partial charge in [-0.25, -0.2) is 4.79 Å². The number of halogens is 1. The highest BCUT2D eigenvalue weighted by molar-refractivity contribution is 7.95. The molecule has 0 aromatic heterocycles. The first-order chi connectivity index (χ1) is 6.61. The monoisotopic (exact) mass is 231 g/mol. The normalized spacial score (nSPS) is 19.9. The Balaban J connectivity index is 2.49. The van der Waals surface area contributed by atoms with Crippen molar-refractivity contribution in [2.45, 2.75) is 0 Å². The summed E-state index contributed by atoms with van der Waals surface area (Å²) >= 11 is 7.12. The van der Waals surface area contributed by atoms with E-state index >= 15 is 0 Å². The third kappa shape index (κ3) is 1.23. The van der Waals surface area contributed by atoms with E-state index in [0.717, 1.165) is 0 Å². The van der Waals surface area contributed by atoms with Crippen LogP contribution in [0.3, 0.4) is 0 Å². The number of carboxylic acid groups (broad SMARTS) is 1. The largest absolute Gasteiger partial charge is 0.478 e. The topological polar surface area (TPSA) is 78.6 Å². The number of rotatable bonds is 1. The maximum absolute atomic E-state index is 10.8. The Morgan fingerprint density at radius 1 is 1.71 bits per heavy atom. The van der Waals surface area contributed by atoms with Crippen molar-refractivity contribution in [2.24, 2.45) is 5.73 Å². The number of aliphatic carboxylic acids is 1. The van der Waals surface area contributed by atoms with Crippen molar-refractivity contribution in [3.63, 3.8) is 0 Å². The van der Waals surface area contributed by atoms with Crippen LogP contribution in [0.25, 0.3) is 0 Å². The van der Waals surface area contributed by atoms with Gasteiger partial charge in [-0.2, -0.15) is 0 Å². The first-order valence-corrected chi connectivity index (χ1v) is 4.80. The lowest BCUT2D eigenvalue weighted by molar-refractivity contribution is -0.132. The van der Waals surface area contributed by atoms with Gasteiger partial charge in [0.25, 0.3) is 0 Å². The summed E-state index contributed by atoms with van der Waals surface area (Å²) in [6.07, 6.45) is 3.12. The SMILES string of the molecule is NC1=C(Cl)N2SNC=C2C=C1C(=O)O. The number of fused-ring (bicyclic) bond motifs is 1. The third-order valence-electron chi connectivity index (χ3n) is 1.80. The molecule has 0 saturated carbocycles. The van der Waals surface area contributed by atoms with Crippen molar-refractivity contribution in [3.8, 4) is 0 Å². The van der Waals surface area contributed by atoms with E-state index in [1.54, 1.807) is 10.5 Å². The predicted octanol–water partition coefficient (Wildman–Crippen LogP) is 0.687. The molecule has 0 saturated heterocycles. The highest BCUT2D eigenvalue weighted by Crippen LogP contribution is 2.36. The van der Waals surface area contributed by atoms with Crippen LogP contribution in [0.2, 0.25) is 0 Å². The summed E-state index contributed by atoms with van der Waals surface area (Å²) in [5, 5.41) is 9.05. The molecule has 0 bridgehead atoms. The molecule has 0 radical (unpaired) electrons. The lowest BCUT2D eigenvalue weighted by Gasteiger charge is -2.22. The maximum atomic E-state index is 10.8. The number of carboxylic acids is 1.